The third-order valence-electron chi connectivity index (χ3n) is 5.30. The molecule has 1 fully saturated rings. The van der Waals surface area contributed by atoms with Crippen LogP contribution in [0.4, 0.5) is 5.13 Å². The third-order valence-corrected chi connectivity index (χ3v) is 6.16. The monoisotopic (exact) mass is 356 g/mol. The van der Waals surface area contributed by atoms with Crippen molar-refractivity contribution in [1.29, 1.82) is 0 Å². The third kappa shape index (κ3) is 3.41. The molecule has 1 amide bonds. The summed E-state index contributed by atoms with van der Waals surface area (Å²) in [7, 11) is 1.83. The normalized spacial score (nSPS) is 18.8. The number of anilines is 1. The highest BCUT2D eigenvalue weighted by molar-refractivity contribution is 7.13. The van der Waals surface area contributed by atoms with E-state index in [1.165, 1.54) is 22.5 Å². The summed E-state index contributed by atoms with van der Waals surface area (Å²) < 4.78 is 0. The molecule has 0 bridgehead atoms. The summed E-state index contributed by atoms with van der Waals surface area (Å²) in [6, 6.07) is 9.37. The molecule has 1 aliphatic heterocycles. The van der Waals surface area contributed by atoms with Gasteiger partial charge in [0, 0.05) is 44.6 Å². The maximum Gasteiger partial charge on any atom is 0.273 e. The average molecular weight is 356 g/mol. The van der Waals surface area contributed by atoms with Gasteiger partial charge in [0.2, 0.25) is 0 Å². The van der Waals surface area contributed by atoms with Crippen LogP contribution in [0.3, 0.4) is 0 Å². The molecule has 0 unspecified atom stereocenters. The van der Waals surface area contributed by atoms with Crippen molar-refractivity contribution in [3.05, 3.63) is 46.5 Å². The van der Waals surface area contributed by atoms with Crippen molar-refractivity contribution in [1.82, 2.24) is 14.8 Å². The molecule has 0 spiro atoms. The van der Waals surface area contributed by atoms with Crippen molar-refractivity contribution < 1.29 is 4.79 Å². The molecule has 1 aromatic heterocycles. The van der Waals surface area contributed by atoms with E-state index in [-0.39, 0.29) is 5.91 Å². The van der Waals surface area contributed by atoms with Crippen LogP contribution in [0, 0.1) is 0 Å². The number of aromatic nitrogens is 1. The second kappa shape index (κ2) is 7.14. The Morgan fingerprint density at radius 3 is 2.60 bits per heavy atom. The van der Waals surface area contributed by atoms with Gasteiger partial charge >= 0.3 is 0 Å². The maximum absolute atomic E-state index is 12.7. The predicted octanol–water partition coefficient (Wildman–Crippen LogP) is 2.50. The largest absolute Gasteiger partial charge is 0.365 e. The number of carbonyl (C=O) groups excluding carboxylic acids is 1. The van der Waals surface area contributed by atoms with Gasteiger partial charge in [0.05, 0.1) is 0 Å². The molecule has 0 atom stereocenters. The molecule has 4 rings (SSSR count). The molecule has 2 heterocycles. The zero-order valence-corrected chi connectivity index (χ0v) is 15.4. The van der Waals surface area contributed by atoms with Crippen molar-refractivity contribution in [2.24, 2.45) is 0 Å². The highest BCUT2D eigenvalue weighted by Crippen LogP contribution is 2.26. The molecule has 25 heavy (non-hydrogen) atoms. The van der Waals surface area contributed by atoms with E-state index < -0.39 is 0 Å². The van der Waals surface area contributed by atoms with Gasteiger partial charge in [-0.2, -0.15) is 0 Å². The maximum atomic E-state index is 12.7. The second-order valence-electron chi connectivity index (χ2n) is 6.80. The van der Waals surface area contributed by atoms with Gasteiger partial charge in [-0.1, -0.05) is 24.3 Å². The van der Waals surface area contributed by atoms with Crippen LogP contribution in [0.2, 0.25) is 0 Å². The van der Waals surface area contributed by atoms with Crippen LogP contribution in [0.25, 0.3) is 0 Å². The Labute approximate surface area is 152 Å². The highest BCUT2D eigenvalue weighted by atomic mass is 32.1. The van der Waals surface area contributed by atoms with Crippen LogP contribution in [0.1, 0.15) is 28.0 Å². The van der Waals surface area contributed by atoms with E-state index in [2.05, 4.69) is 39.5 Å². The Bertz CT molecular complexity index is 734. The molecule has 2 aliphatic rings. The summed E-state index contributed by atoms with van der Waals surface area (Å²) in [4.78, 5) is 21.6. The van der Waals surface area contributed by atoms with Gasteiger partial charge in [-0.05, 0) is 30.4 Å². The summed E-state index contributed by atoms with van der Waals surface area (Å²) in [6.45, 7) is 3.63. The lowest BCUT2D eigenvalue weighted by Crippen LogP contribution is -2.40. The van der Waals surface area contributed by atoms with Crippen molar-refractivity contribution in [2.45, 2.75) is 25.3 Å². The lowest BCUT2D eigenvalue weighted by atomic mass is 10.1. The van der Waals surface area contributed by atoms with Crippen molar-refractivity contribution >= 4 is 22.4 Å². The SMILES string of the molecule is CNc1nc(C(=O)N2CCCN(C3Cc4ccccc4C3)CC2)cs1. The molecule has 1 aliphatic carbocycles. The smallest absolute Gasteiger partial charge is 0.273 e. The first-order valence-corrected chi connectivity index (χ1v) is 9.86. The second-order valence-corrected chi connectivity index (χ2v) is 7.66. The Morgan fingerprint density at radius 1 is 1.16 bits per heavy atom. The lowest BCUT2D eigenvalue weighted by molar-refractivity contribution is 0.0753. The topological polar surface area (TPSA) is 48.5 Å². The Kier molecular flexibility index (Phi) is 4.72. The molecule has 1 aromatic carbocycles. The molecule has 132 valence electrons. The highest BCUT2D eigenvalue weighted by Gasteiger charge is 2.29. The summed E-state index contributed by atoms with van der Waals surface area (Å²) in [5.74, 6) is 0.0642. The first-order chi connectivity index (χ1) is 12.2. The number of nitrogens with one attached hydrogen (secondary N) is 1. The summed E-state index contributed by atoms with van der Waals surface area (Å²) in [5.41, 5.74) is 3.55. The minimum Gasteiger partial charge on any atom is -0.365 e. The average Bonchev–Trinajstić information content (AvgIpc) is 3.22. The van der Waals surface area contributed by atoms with Crippen LogP contribution in [0.5, 0.6) is 0 Å². The number of benzene rings is 1. The molecule has 5 nitrogen and oxygen atoms in total. The van der Waals surface area contributed by atoms with Crippen LogP contribution in [-0.4, -0.2) is 60.0 Å². The van der Waals surface area contributed by atoms with Crippen LogP contribution >= 0.6 is 11.3 Å². The van der Waals surface area contributed by atoms with Gasteiger partial charge in [-0.3, -0.25) is 9.69 Å². The number of rotatable bonds is 3. The Hall–Kier alpha value is -1.92. The number of amides is 1. The Balaban J connectivity index is 1.38. The minimum absolute atomic E-state index is 0.0642. The lowest BCUT2D eigenvalue weighted by Gasteiger charge is -2.27. The fraction of sp³-hybridized carbons (Fsp3) is 0.474. The van der Waals surface area contributed by atoms with E-state index in [0.717, 1.165) is 50.6 Å². The van der Waals surface area contributed by atoms with E-state index in [1.54, 1.807) is 0 Å². The predicted molar refractivity (Wildman–Crippen MR) is 101 cm³/mol. The van der Waals surface area contributed by atoms with Crippen LogP contribution < -0.4 is 5.32 Å². The molecule has 6 heteroatoms. The van der Waals surface area contributed by atoms with E-state index in [1.807, 2.05) is 17.3 Å². The minimum atomic E-state index is 0.0642. The fourth-order valence-electron chi connectivity index (χ4n) is 3.95. The van der Waals surface area contributed by atoms with Gasteiger partial charge in [-0.15, -0.1) is 11.3 Å². The quantitative estimate of drug-likeness (QED) is 0.918. The van der Waals surface area contributed by atoms with Gasteiger partial charge < -0.3 is 10.2 Å². The number of hydrogen-bond acceptors (Lipinski definition) is 5. The molecule has 2 aromatic rings. The Morgan fingerprint density at radius 2 is 1.92 bits per heavy atom. The van der Waals surface area contributed by atoms with Gasteiger partial charge in [-0.25, -0.2) is 4.98 Å². The van der Waals surface area contributed by atoms with Crippen molar-refractivity contribution in [2.75, 3.05) is 38.5 Å². The number of hydrogen-bond donors (Lipinski definition) is 1. The van der Waals surface area contributed by atoms with Crippen LogP contribution in [0.15, 0.2) is 29.6 Å². The van der Waals surface area contributed by atoms with Gasteiger partial charge in [0.1, 0.15) is 5.69 Å². The zero-order valence-electron chi connectivity index (χ0n) is 14.6. The molecular weight excluding hydrogens is 332 g/mol. The molecule has 0 saturated carbocycles. The van der Waals surface area contributed by atoms with Crippen molar-refractivity contribution in [3.8, 4) is 0 Å². The van der Waals surface area contributed by atoms with Crippen LogP contribution in [-0.2, 0) is 12.8 Å². The van der Waals surface area contributed by atoms with Gasteiger partial charge in [0.25, 0.3) is 5.91 Å². The molecular formula is C19H24N4OS. The molecule has 0 radical (unpaired) electrons. The summed E-state index contributed by atoms with van der Waals surface area (Å²) in [6.07, 6.45) is 3.31. The summed E-state index contributed by atoms with van der Waals surface area (Å²) in [5, 5.41) is 5.65. The first-order valence-electron chi connectivity index (χ1n) is 8.98. The van der Waals surface area contributed by atoms with E-state index in [0.29, 0.717) is 11.7 Å². The first kappa shape index (κ1) is 16.5. The molecule has 1 N–H and O–H groups in total. The number of fused-ring (bicyclic) bond motifs is 1. The van der Waals surface area contributed by atoms with Crippen molar-refractivity contribution in [3.63, 3.8) is 0 Å². The van der Waals surface area contributed by atoms with E-state index >= 15 is 0 Å². The fourth-order valence-corrected chi connectivity index (χ4v) is 4.59. The van der Waals surface area contributed by atoms with Gasteiger partial charge in [0.15, 0.2) is 5.13 Å². The number of nitrogens with zero attached hydrogens (tertiary/aromatic N) is 3. The summed E-state index contributed by atoms with van der Waals surface area (Å²) >= 11 is 1.48. The van der Waals surface area contributed by atoms with E-state index in [9.17, 15) is 4.79 Å². The number of carbonyl (C=O) groups is 1. The number of thiazole rings is 1. The van der Waals surface area contributed by atoms with E-state index in [4.69, 9.17) is 0 Å². The standard InChI is InChI=1S/C19H24N4OS/c1-20-19-21-17(13-25-19)18(24)23-8-4-7-22(9-10-23)16-11-14-5-2-3-6-15(14)12-16/h2-3,5-6,13,16H,4,7-12H2,1H3,(H,20,21). The zero-order chi connectivity index (χ0) is 17.2. The molecule has 1 saturated heterocycles.